The lowest BCUT2D eigenvalue weighted by Crippen LogP contribution is -2.55. The van der Waals surface area contributed by atoms with Gasteiger partial charge >= 0.3 is 0 Å². The van der Waals surface area contributed by atoms with Crippen LogP contribution in [0.4, 0.5) is 4.39 Å². The van der Waals surface area contributed by atoms with Crippen LogP contribution >= 0.6 is 0 Å². The lowest BCUT2D eigenvalue weighted by atomic mass is 9.87. The van der Waals surface area contributed by atoms with E-state index in [9.17, 15) is 14.0 Å². The molecule has 0 unspecified atom stereocenters. The van der Waals surface area contributed by atoms with Crippen LogP contribution in [-0.2, 0) is 20.7 Å². The van der Waals surface area contributed by atoms with Gasteiger partial charge in [0.2, 0.25) is 5.91 Å². The van der Waals surface area contributed by atoms with E-state index in [0.717, 1.165) is 16.7 Å². The number of carbonyl (C=O) groups is 2. The molecule has 0 aromatic heterocycles. The van der Waals surface area contributed by atoms with Gasteiger partial charge in [-0.1, -0.05) is 48.4 Å². The van der Waals surface area contributed by atoms with E-state index in [0.29, 0.717) is 19.4 Å². The minimum atomic E-state index is -0.802. The molecular formula is C24H26FN5O3. The molecule has 172 valence electrons. The molecule has 1 saturated heterocycles. The molecule has 0 radical (unpaired) electrons. The largest absolute Gasteiger partial charge is 0.366 e. The molecule has 8 nitrogen and oxygen atoms in total. The van der Waals surface area contributed by atoms with Gasteiger partial charge in [-0.05, 0) is 47.2 Å². The molecule has 0 aliphatic carbocycles. The quantitative estimate of drug-likeness (QED) is 0.426. The first-order valence-corrected chi connectivity index (χ1v) is 11.1. The van der Waals surface area contributed by atoms with Gasteiger partial charge in [-0.25, -0.2) is 4.39 Å². The van der Waals surface area contributed by atoms with Crippen LogP contribution in [0.3, 0.4) is 0 Å². The highest BCUT2D eigenvalue weighted by Crippen LogP contribution is 2.36. The van der Waals surface area contributed by atoms with Crippen LogP contribution in [-0.4, -0.2) is 48.1 Å². The molecular weight excluding hydrogens is 425 g/mol. The average Bonchev–Trinajstić information content (AvgIpc) is 2.84. The van der Waals surface area contributed by atoms with Gasteiger partial charge in [0.05, 0.1) is 24.7 Å². The number of nitrogens with one attached hydrogen (secondary N) is 1. The topological polar surface area (TPSA) is 107 Å². The number of hydrogen-bond donors (Lipinski definition) is 1. The van der Waals surface area contributed by atoms with Crippen LogP contribution < -0.4 is 5.32 Å². The summed E-state index contributed by atoms with van der Waals surface area (Å²) < 4.78 is 19.5. The number of amides is 2. The van der Waals surface area contributed by atoms with Crippen molar-refractivity contribution in [3.8, 4) is 0 Å². The number of fused-ring (bicyclic) bond motifs is 1. The molecule has 2 aliphatic heterocycles. The third-order valence-corrected chi connectivity index (χ3v) is 6.29. The normalized spacial score (nSPS) is 24.4. The first-order chi connectivity index (χ1) is 16.0. The summed E-state index contributed by atoms with van der Waals surface area (Å²) in [5, 5.41) is 6.63. The summed E-state index contributed by atoms with van der Waals surface area (Å²) in [6.45, 7) is 2.30. The van der Waals surface area contributed by atoms with Gasteiger partial charge in [0.15, 0.2) is 0 Å². The Hall–Kier alpha value is -3.42. The van der Waals surface area contributed by atoms with Crippen LogP contribution in [0.1, 0.15) is 42.5 Å². The molecule has 4 rings (SSSR count). The highest BCUT2D eigenvalue weighted by Gasteiger charge is 2.40. The monoisotopic (exact) mass is 451 g/mol. The molecule has 2 aromatic rings. The Morgan fingerprint density at radius 2 is 2.00 bits per heavy atom. The molecule has 33 heavy (non-hydrogen) atoms. The molecule has 0 spiro atoms. The van der Waals surface area contributed by atoms with Gasteiger partial charge < -0.3 is 15.0 Å². The summed E-state index contributed by atoms with van der Waals surface area (Å²) in [7, 11) is 0. The lowest BCUT2D eigenvalue weighted by Gasteiger charge is -2.41. The zero-order valence-electron chi connectivity index (χ0n) is 18.4. The lowest BCUT2D eigenvalue weighted by molar-refractivity contribution is -0.150. The number of rotatable bonds is 5. The highest BCUT2D eigenvalue weighted by molar-refractivity contribution is 5.82. The van der Waals surface area contributed by atoms with E-state index < -0.39 is 18.2 Å². The minimum Gasteiger partial charge on any atom is -0.366 e. The molecule has 2 heterocycles. The maximum absolute atomic E-state index is 13.7. The third kappa shape index (κ3) is 4.84. The van der Waals surface area contributed by atoms with Gasteiger partial charge in [0.25, 0.3) is 5.91 Å². The number of carbonyl (C=O) groups excluding carboxylic acids is 2. The Bertz CT molecular complexity index is 1070. The Morgan fingerprint density at radius 1 is 1.24 bits per heavy atom. The molecule has 0 bridgehead atoms. The standard InChI is InChI=1S/C24H26FN5O3/c1-2-22(31)27-20-14-33-21(13-19(20)28-29-26)24(32)30-12-11-15-5-3-4-6-18(15)23(30)16-7-9-17(25)10-8-16/h3-10,19-21,23H,2,11-14H2,1H3,(H,27,31)/t19-,20-,21+,23-/m0/s1. The summed E-state index contributed by atoms with van der Waals surface area (Å²) in [5.74, 6) is -0.721. The Balaban J connectivity index is 1.60. The fraction of sp³-hybridized carbons (Fsp3) is 0.417. The Labute approximate surface area is 191 Å². The van der Waals surface area contributed by atoms with Crippen LogP contribution in [0.2, 0.25) is 0 Å². The van der Waals surface area contributed by atoms with Crippen LogP contribution in [0.15, 0.2) is 53.6 Å². The van der Waals surface area contributed by atoms with E-state index in [-0.39, 0.29) is 36.7 Å². The first-order valence-electron chi connectivity index (χ1n) is 11.1. The van der Waals surface area contributed by atoms with Gasteiger partial charge in [0, 0.05) is 17.9 Å². The molecule has 1 N–H and O–H groups in total. The average molecular weight is 452 g/mol. The fourth-order valence-electron chi connectivity index (χ4n) is 4.59. The number of ether oxygens (including phenoxy) is 1. The second kappa shape index (κ2) is 10.0. The van der Waals surface area contributed by atoms with Crippen molar-refractivity contribution >= 4 is 11.8 Å². The van der Waals surface area contributed by atoms with E-state index in [1.807, 2.05) is 24.3 Å². The maximum atomic E-state index is 13.7. The van der Waals surface area contributed by atoms with E-state index in [2.05, 4.69) is 15.3 Å². The molecule has 2 aliphatic rings. The van der Waals surface area contributed by atoms with E-state index in [1.165, 1.54) is 12.1 Å². The van der Waals surface area contributed by atoms with Crippen LogP contribution in [0.5, 0.6) is 0 Å². The predicted molar refractivity (Wildman–Crippen MR) is 120 cm³/mol. The molecule has 0 saturated carbocycles. The van der Waals surface area contributed by atoms with Crippen molar-refractivity contribution < 1.29 is 18.7 Å². The number of nitrogens with zero attached hydrogens (tertiary/aromatic N) is 4. The Morgan fingerprint density at radius 3 is 2.73 bits per heavy atom. The molecule has 4 atom stereocenters. The summed E-state index contributed by atoms with van der Waals surface area (Å²) in [6, 6.07) is 12.7. The molecule has 2 amide bonds. The molecule has 9 heteroatoms. The van der Waals surface area contributed by atoms with Gasteiger partial charge in [-0.2, -0.15) is 0 Å². The number of hydrogen-bond acceptors (Lipinski definition) is 4. The first kappa shape index (κ1) is 22.8. The van der Waals surface area contributed by atoms with Crippen LogP contribution in [0.25, 0.3) is 10.4 Å². The van der Waals surface area contributed by atoms with Crippen molar-refractivity contribution in [2.45, 2.75) is 50.4 Å². The van der Waals surface area contributed by atoms with Crippen LogP contribution in [0, 0.1) is 5.82 Å². The molecule has 1 fully saturated rings. The van der Waals surface area contributed by atoms with Gasteiger partial charge in [-0.3, -0.25) is 9.59 Å². The smallest absolute Gasteiger partial charge is 0.252 e. The summed E-state index contributed by atoms with van der Waals surface area (Å²) in [4.78, 5) is 30.2. The van der Waals surface area contributed by atoms with Crippen molar-refractivity contribution in [3.63, 3.8) is 0 Å². The minimum absolute atomic E-state index is 0.0808. The summed E-state index contributed by atoms with van der Waals surface area (Å²) in [5.41, 5.74) is 12.0. The number of halogens is 1. The fourth-order valence-corrected chi connectivity index (χ4v) is 4.59. The van der Waals surface area contributed by atoms with Crippen molar-refractivity contribution in [3.05, 3.63) is 81.5 Å². The van der Waals surface area contributed by atoms with Crippen molar-refractivity contribution in [1.29, 1.82) is 0 Å². The van der Waals surface area contributed by atoms with Gasteiger partial charge in [-0.15, -0.1) is 0 Å². The zero-order valence-corrected chi connectivity index (χ0v) is 18.4. The second-order valence-electron chi connectivity index (χ2n) is 8.29. The predicted octanol–water partition coefficient (Wildman–Crippen LogP) is 3.66. The Kier molecular flexibility index (Phi) is 6.91. The molecule has 2 aromatic carbocycles. The van der Waals surface area contributed by atoms with Gasteiger partial charge in [0.1, 0.15) is 11.9 Å². The second-order valence-corrected chi connectivity index (χ2v) is 8.29. The van der Waals surface area contributed by atoms with Crippen molar-refractivity contribution in [2.75, 3.05) is 13.2 Å². The summed E-state index contributed by atoms with van der Waals surface area (Å²) in [6.07, 6.45) is 0.366. The zero-order chi connectivity index (χ0) is 23.4. The van der Waals surface area contributed by atoms with E-state index in [4.69, 9.17) is 10.3 Å². The number of benzene rings is 2. The third-order valence-electron chi connectivity index (χ3n) is 6.29. The van der Waals surface area contributed by atoms with E-state index in [1.54, 1.807) is 24.0 Å². The number of azide groups is 1. The highest BCUT2D eigenvalue weighted by atomic mass is 19.1. The van der Waals surface area contributed by atoms with Crippen molar-refractivity contribution in [1.82, 2.24) is 10.2 Å². The SMILES string of the molecule is CCC(=O)N[C@H]1CO[C@@H](C(=O)N2CCc3ccccc3[C@@H]2c2ccc(F)cc2)C[C@@H]1N=[N+]=[N-]. The summed E-state index contributed by atoms with van der Waals surface area (Å²) >= 11 is 0. The van der Waals surface area contributed by atoms with E-state index >= 15 is 0 Å². The maximum Gasteiger partial charge on any atom is 0.252 e. The van der Waals surface area contributed by atoms with Crippen molar-refractivity contribution in [2.24, 2.45) is 5.11 Å².